The van der Waals surface area contributed by atoms with Gasteiger partial charge < -0.3 is 16.8 Å². The number of nitrogen functional groups attached to an aromatic ring is 1. The Labute approximate surface area is 112 Å². The Morgan fingerprint density at radius 2 is 2.16 bits per heavy atom. The summed E-state index contributed by atoms with van der Waals surface area (Å²) >= 11 is 0. The van der Waals surface area contributed by atoms with Crippen molar-refractivity contribution in [1.29, 1.82) is 0 Å². The SMILES string of the molecule is NC(=O)c1ccc(N)c(NC2CCN(C3CC3)C2)n1. The van der Waals surface area contributed by atoms with E-state index in [4.69, 9.17) is 11.5 Å². The summed E-state index contributed by atoms with van der Waals surface area (Å²) in [6, 6.07) is 4.35. The van der Waals surface area contributed by atoms with Crippen molar-refractivity contribution in [2.75, 3.05) is 24.1 Å². The molecule has 0 aromatic carbocycles. The van der Waals surface area contributed by atoms with Gasteiger partial charge in [-0.2, -0.15) is 0 Å². The fourth-order valence-corrected chi connectivity index (χ4v) is 2.59. The number of pyridine rings is 1. The molecule has 1 saturated heterocycles. The van der Waals surface area contributed by atoms with Crippen LogP contribution in [-0.2, 0) is 0 Å². The molecule has 6 nitrogen and oxygen atoms in total. The van der Waals surface area contributed by atoms with Crippen LogP contribution in [0.1, 0.15) is 29.8 Å². The molecular weight excluding hydrogens is 242 g/mol. The number of hydrogen-bond acceptors (Lipinski definition) is 5. The predicted octanol–water partition coefficient (Wildman–Crippen LogP) is 0.411. The molecule has 1 saturated carbocycles. The Hall–Kier alpha value is -1.82. The number of aromatic nitrogens is 1. The summed E-state index contributed by atoms with van der Waals surface area (Å²) in [5.74, 6) is 0.0352. The molecule has 1 aromatic rings. The molecule has 0 bridgehead atoms. The Morgan fingerprint density at radius 1 is 1.37 bits per heavy atom. The first-order valence-electron chi connectivity index (χ1n) is 6.70. The highest BCUT2D eigenvalue weighted by atomic mass is 16.1. The normalized spacial score (nSPS) is 23.5. The second-order valence-corrected chi connectivity index (χ2v) is 5.35. The van der Waals surface area contributed by atoms with E-state index < -0.39 is 5.91 Å². The third kappa shape index (κ3) is 2.63. The molecule has 1 aromatic heterocycles. The standard InChI is InChI=1S/C13H19N5O/c14-10-3-4-11(12(15)19)17-13(10)16-8-5-6-18(7-8)9-1-2-9/h3-4,8-9H,1-2,5-7,14H2,(H2,15,19)(H,16,17). The van der Waals surface area contributed by atoms with Gasteiger partial charge in [0.25, 0.3) is 5.91 Å². The van der Waals surface area contributed by atoms with E-state index in [2.05, 4.69) is 15.2 Å². The second kappa shape index (κ2) is 4.70. The Bertz CT molecular complexity index is 500. The molecule has 6 heteroatoms. The van der Waals surface area contributed by atoms with Crippen molar-refractivity contribution in [3.8, 4) is 0 Å². The first-order valence-corrected chi connectivity index (χ1v) is 6.70. The fourth-order valence-electron chi connectivity index (χ4n) is 2.59. The van der Waals surface area contributed by atoms with Crippen LogP contribution in [0.3, 0.4) is 0 Å². The topological polar surface area (TPSA) is 97.3 Å². The van der Waals surface area contributed by atoms with Crippen molar-refractivity contribution in [3.63, 3.8) is 0 Å². The predicted molar refractivity (Wildman–Crippen MR) is 73.8 cm³/mol. The fraction of sp³-hybridized carbons (Fsp3) is 0.538. The Balaban J connectivity index is 1.68. The van der Waals surface area contributed by atoms with Crippen LogP contribution < -0.4 is 16.8 Å². The minimum Gasteiger partial charge on any atom is -0.396 e. The summed E-state index contributed by atoms with van der Waals surface area (Å²) in [5.41, 5.74) is 11.9. The number of nitrogens with two attached hydrogens (primary N) is 2. The van der Waals surface area contributed by atoms with E-state index in [1.54, 1.807) is 12.1 Å². The van der Waals surface area contributed by atoms with Gasteiger partial charge in [-0.05, 0) is 31.4 Å². The van der Waals surface area contributed by atoms with Crippen LogP contribution >= 0.6 is 0 Å². The lowest BCUT2D eigenvalue weighted by Crippen LogP contribution is -2.28. The molecule has 1 unspecified atom stereocenters. The van der Waals surface area contributed by atoms with Gasteiger partial charge in [-0.3, -0.25) is 9.69 Å². The Morgan fingerprint density at radius 3 is 2.84 bits per heavy atom. The lowest BCUT2D eigenvalue weighted by Gasteiger charge is -2.17. The first kappa shape index (κ1) is 12.2. The van der Waals surface area contributed by atoms with Crippen LogP contribution in [0, 0.1) is 0 Å². The number of carbonyl (C=O) groups is 1. The average molecular weight is 261 g/mol. The molecule has 1 aliphatic carbocycles. The zero-order valence-electron chi connectivity index (χ0n) is 10.8. The number of nitrogens with one attached hydrogen (secondary N) is 1. The van der Waals surface area contributed by atoms with Gasteiger partial charge >= 0.3 is 0 Å². The van der Waals surface area contributed by atoms with Crippen molar-refractivity contribution in [3.05, 3.63) is 17.8 Å². The second-order valence-electron chi connectivity index (χ2n) is 5.35. The number of hydrogen-bond donors (Lipinski definition) is 3. The number of primary amides is 1. The smallest absolute Gasteiger partial charge is 0.267 e. The molecule has 2 heterocycles. The minimum absolute atomic E-state index is 0.244. The maximum absolute atomic E-state index is 11.1. The zero-order chi connectivity index (χ0) is 13.4. The number of carbonyl (C=O) groups excluding carboxylic acids is 1. The zero-order valence-corrected chi connectivity index (χ0v) is 10.8. The molecule has 1 atom stereocenters. The summed E-state index contributed by atoms with van der Waals surface area (Å²) in [7, 11) is 0. The molecule has 1 amide bonds. The van der Waals surface area contributed by atoms with Crippen LogP contribution in [0.15, 0.2) is 12.1 Å². The van der Waals surface area contributed by atoms with Crippen molar-refractivity contribution in [2.45, 2.75) is 31.3 Å². The highest BCUT2D eigenvalue weighted by Crippen LogP contribution is 2.30. The van der Waals surface area contributed by atoms with Gasteiger partial charge in [-0.25, -0.2) is 4.98 Å². The van der Waals surface area contributed by atoms with Crippen LogP contribution in [0.2, 0.25) is 0 Å². The van der Waals surface area contributed by atoms with Crippen LogP contribution in [0.25, 0.3) is 0 Å². The molecule has 19 heavy (non-hydrogen) atoms. The molecular formula is C13H19N5O. The summed E-state index contributed by atoms with van der Waals surface area (Å²) in [5, 5.41) is 3.33. The van der Waals surface area contributed by atoms with E-state index in [0.29, 0.717) is 17.5 Å². The van der Waals surface area contributed by atoms with Crippen LogP contribution in [0.5, 0.6) is 0 Å². The van der Waals surface area contributed by atoms with Gasteiger partial charge in [0.05, 0.1) is 5.69 Å². The molecule has 0 radical (unpaired) electrons. The number of rotatable bonds is 4. The van der Waals surface area contributed by atoms with Gasteiger partial charge in [0.2, 0.25) is 0 Å². The molecule has 2 fully saturated rings. The van der Waals surface area contributed by atoms with Crippen LogP contribution in [0.4, 0.5) is 11.5 Å². The van der Waals surface area contributed by atoms with Gasteiger partial charge in [0.1, 0.15) is 11.5 Å². The van der Waals surface area contributed by atoms with Gasteiger partial charge in [-0.15, -0.1) is 0 Å². The highest BCUT2D eigenvalue weighted by molar-refractivity contribution is 5.91. The summed E-state index contributed by atoms with van der Waals surface area (Å²) in [4.78, 5) is 17.8. The largest absolute Gasteiger partial charge is 0.396 e. The Kier molecular flexibility index (Phi) is 3.02. The van der Waals surface area contributed by atoms with Crippen molar-refractivity contribution in [1.82, 2.24) is 9.88 Å². The number of anilines is 2. The van der Waals surface area contributed by atoms with Crippen LogP contribution in [-0.4, -0.2) is 41.0 Å². The molecule has 1 aliphatic heterocycles. The molecule has 5 N–H and O–H groups in total. The third-order valence-electron chi connectivity index (χ3n) is 3.80. The van der Waals surface area contributed by atoms with Crippen molar-refractivity contribution >= 4 is 17.4 Å². The summed E-state index contributed by atoms with van der Waals surface area (Å²) in [6.07, 6.45) is 3.73. The van der Waals surface area contributed by atoms with Gasteiger partial charge in [0, 0.05) is 25.2 Å². The average Bonchev–Trinajstić information content (AvgIpc) is 3.13. The van der Waals surface area contributed by atoms with Gasteiger partial charge in [0.15, 0.2) is 0 Å². The van der Waals surface area contributed by atoms with E-state index in [-0.39, 0.29) is 5.69 Å². The van der Waals surface area contributed by atoms with Gasteiger partial charge in [-0.1, -0.05) is 0 Å². The summed E-state index contributed by atoms with van der Waals surface area (Å²) in [6.45, 7) is 2.14. The van der Waals surface area contributed by atoms with Crippen molar-refractivity contribution < 1.29 is 4.79 Å². The molecule has 3 rings (SSSR count). The van der Waals surface area contributed by atoms with Crippen molar-refractivity contribution in [2.24, 2.45) is 5.73 Å². The lowest BCUT2D eigenvalue weighted by atomic mass is 10.2. The van der Waals surface area contributed by atoms with E-state index in [1.165, 1.54) is 12.8 Å². The quantitative estimate of drug-likeness (QED) is 0.729. The molecule has 0 spiro atoms. The highest BCUT2D eigenvalue weighted by Gasteiger charge is 2.34. The van der Waals surface area contributed by atoms with E-state index in [1.807, 2.05) is 0 Å². The minimum atomic E-state index is -0.533. The molecule has 2 aliphatic rings. The number of nitrogens with zero attached hydrogens (tertiary/aromatic N) is 2. The van der Waals surface area contributed by atoms with E-state index in [0.717, 1.165) is 25.6 Å². The number of amides is 1. The maximum atomic E-state index is 11.1. The van der Waals surface area contributed by atoms with E-state index >= 15 is 0 Å². The molecule has 102 valence electrons. The third-order valence-corrected chi connectivity index (χ3v) is 3.80. The first-order chi connectivity index (χ1) is 9.13. The lowest BCUT2D eigenvalue weighted by molar-refractivity contribution is 0.0995. The number of likely N-dealkylation sites (tertiary alicyclic amines) is 1. The van der Waals surface area contributed by atoms with E-state index in [9.17, 15) is 4.79 Å². The monoisotopic (exact) mass is 261 g/mol. The maximum Gasteiger partial charge on any atom is 0.267 e. The summed E-state index contributed by atoms with van der Waals surface area (Å²) < 4.78 is 0.